The number of rotatable bonds is 4. The van der Waals surface area contributed by atoms with Crippen LogP contribution in [0.25, 0.3) is 0 Å². The van der Waals surface area contributed by atoms with Crippen molar-refractivity contribution in [3.05, 3.63) is 29.8 Å². The average molecular weight is 250 g/mol. The third-order valence-corrected chi connectivity index (χ3v) is 2.79. The van der Waals surface area contributed by atoms with Crippen LogP contribution in [-0.4, -0.2) is 50.3 Å². The minimum atomic E-state index is 0.0451. The molecule has 1 saturated heterocycles. The molecule has 2 rings (SSSR count). The van der Waals surface area contributed by atoms with Gasteiger partial charge in [0, 0.05) is 25.2 Å². The zero-order valence-corrected chi connectivity index (χ0v) is 10.3. The van der Waals surface area contributed by atoms with E-state index < -0.39 is 0 Å². The van der Waals surface area contributed by atoms with Gasteiger partial charge in [-0.05, 0) is 24.3 Å². The summed E-state index contributed by atoms with van der Waals surface area (Å²) in [6, 6.07) is 7.15. The van der Waals surface area contributed by atoms with E-state index in [0.29, 0.717) is 45.0 Å². The van der Waals surface area contributed by atoms with Gasteiger partial charge < -0.3 is 20.1 Å². The van der Waals surface area contributed by atoms with Crippen molar-refractivity contribution in [1.82, 2.24) is 4.90 Å². The molecule has 0 radical (unpaired) electrons. The third-order valence-electron chi connectivity index (χ3n) is 2.79. The number of benzene rings is 1. The van der Waals surface area contributed by atoms with E-state index in [9.17, 15) is 4.79 Å². The number of nitrogens with two attached hydrogens (primary N) is 1. The van der Waals surface area contributed by atoms with Crippen LogP contribution in [0.4, 0.5) is 0 Å². The number of hydrogen-bond acceptors (Lipinski definition) is 4. The second-order valence-corrected chi connectivity index (χ2v) is 4.07. The molecule has 0 bridgehead atoms. The van der Waals surface area contributed by atoms with E-state index in [4.69, 9.17) is 15.2 Å². The van der Waals surface area contributed by atoms with E-state index in [1.54, 1.807) is 29.2 Å². The molecule has 1 fully saturated rings. The van der Waals surface area contributed by atoms with Crippen molar-refractivity contribution < 1.29 is 14.3 Å². The Labute approximate surface area is 106 Å². The molecule has 0 aromatic heterocycles. The highest BCUT2D eigenvalue weighted by Crippen LogP contribution is 2.14. The van der Waals surface area contributed by atoms with E-state index in [-0.39, 0.29) is 5.91 Å². The number of morpholine rings is 1. The summed E-state index contributed by atoms with van der Waals surface area (Å²) < 4.78 is 10.6. The lowest BCUT2D eigenvalue weighted by Crippen LogP contribution is -2.40. The van der Waals surface area contributed by atoms with Gasteiger partial charge >= 0.3 is 0 Å². The van der Waals surface area contributed by atoms with Gasteiger partial charge in [0.1, 0.15) is 12.4 Å². The normalized spacial score (nSPS) is 15.5. The van der Waals surface area contributed by atoms with Crippen LogP contribution in [0.3, 0.4) is 0 Å². The molecule has 1 aromatic carbocycles. The van der Waals surface area contributed by atoms with Gasteiger partial charge in [-0.25, -0.2) is 0 Å². The maximum absolute atomic E-state index is 12.1. The zero-order valence-electron chi connectivity index (χ0n) is 10.3. The van der Waals surface area contributed by atoms with Crippen LogP contribution in [0.5, 0.6) is 5.75 Å². The van der Waals surface area contributed by atoms with Crippen molar-refractivity contribution in [3.63, 3.8) is 0 Å². The third kappa shape index (κ3) is 3.21. The second-order valence-electron chi connectivity index (χ2n) is 4.07. The van der Waals surface area contributed by atoms with Gasteiger partial charge in [-0.15, -0.1) is 0 Å². The van der Waals surface area contributed by atoms with Gasteiger partial charge in [0.15, 0.2) is 0 Å². The number of nitrogens with zero attached hydrogens (tertiary/aromatic N) is 1. The van der Waals surface area contributed by atoms with Crippen molar-refractivity contribution in [2.24, 2.45) is 5.73 Å². The molecule has 98 valence electrons. The first kappa shape index (κ1) is 12.9. The molecule has 1 aliphatic rings. The summed E-state index contributed by atoms with van der Waals surface area (Å²) >= 11 is 0. The van der Waals surface area contributed by atoms with E-state index in [2.05, 4.69) is 0 Å². The molecule has 18 heavy (non-hydrogen) atoms. The van der Waals surface area contributed by atoms with Gasteiger partial charge in [0.05, 0.1) is 13.2 Å². The van der Waals surface area contributed by atoms with Crippen molar-refractivity contribution in [2.45, 2.75) is 0 Å². The van der Waals surface area contributed by atoms with Crippen LogP contribution in [0.15, 0.2) is 24.3 Å². The van der Waals surface area contributed by atoms with Gasteiger partial charge in [-0.1, -0.05) is 0 Å². The number of ether oxygens (including phenoxy) is 2. The van der Waals surface area contributed by atoms with Gasteiger partial charge in [0.25, 0.3) is 5.91 Å². The highest BCUT2D eigenvalue weighted by molar-refractivity contribution is 5.94. The minimum absolute atomic E-state index is 0.0451. The van der Waals surface area contributed by atoms with E-state index >= 15 is 0 Å². The van der Waals surface area contributed by atoms with E-state index in [0.717, 1.165) is 5.75 Å². The maximum atomic E-state index is 12.1. The first-order valence-corrected chi connectivity index (χ1v) is 6.11. The molecular weight excluding hydrogens is 232 g/mol. The standard InChI is InChI=1S/C13H18N2O3/c14-5-8-18-12-3-1-11(2-4-12)13(16)15-6-9-17-10-7-15/h1-4H,5-10,14H2. The molecule has 5 heteroatoms. The molecule has 0 aliphatic carbocycles. The fourth-order valence-electron chi connectivity index (χ4n) is 1.82. The summed E-state index contributed by atoms with van der Waals surface area (Å²) in [4.78, 5) is 13.9. The topological polar surface area (TPSA) is 64.8 Å². The minimum Gasteiger partial charge on any atom is -0.492 e. The zero-order chi connectivity index (χ0) is 12.8. The summed E-state index contributed by atoms with van der Waals surface area (Å²) in [6.07, 6.45) is 0. The predicted molar refractivity (Wildman–Crippen MR) is 67.7 cm³/mol. The summed E-state index contributed by atoms with van der Waals surface area (Å²) in [5.41, 5.74) is 6.03. The molecule has 1 aromatic rings. The van der Waals surface area contributed by atoms with Crippen LogP contribution >= 0.6 is 0 Å². The maximum Gasteiger partial charge on any atom is 0.254 e. The summed E-state index contributed by atoms with van der Waals surface area (Å²) in [7, 11) is 0. The fraction of sp³-hybridized carbons (Fsp3) is 0.462. The highest BCUT2D eigenvalue weighted by Gasteiger charge is 2.18. The van der Waals surface area contributed by atoms with Gasteiger partial charge in [0.2, 0.25) is 0 Å². The van der Waals surface area contributed by atoms with Crippen LogP contribution in [0.1, 0.15) is 10.4 Å². The predicted octanol–water partition coefficient (Wildman–Crippen LogP) is 0.496. The Morgan fingerprint density at radius 1 is 1.28 bits per heavy atom. The van der Waals surface area contributed by atoms with Gasteiger partial charge in [-0.3, -0.25) is 4.79 Å². The summed E-state index contributed by atoms with van der Waals surface area (Å²) in [5.74, 6) is 0.780. The second kappa shape index (κ2) is 6.37. The monoisotopic (exact) mass is 250 g/mol. The Morgan fingerprint density at radius 2 is 1.94 bits per heavy atom. The van der Waals surface area contributed by atoms with E-state index in [1.807, 2.05) is 0 Å². The number of amides is 1. The highest BCUT2D eigenvalue weighted by atomic mass is 16.5. The van der Waals surface area contributed by atoms with Crippen molar-refractivity contribution in [1.29, 1.82) is 0 Å². The number of hydrogen-bond donors (Lipinski definition) is 1. The molecule has 1 amide bonds. The first-order chi connectivity index (χ1) is 8.81. The molecule has 0 unspecified atom stereocenters. The van der Waals surface area contributed by atoms with E-state index in [1.165, 1.54) is 0 Å². The molecule has 1 aliphatic heterocycles. The molecule has 2 N–H and O–H groups in total. The van der Waals surface area contributed by atoms with Crippen LogP contribution in [-0.2, 0) is 4.74 Å². The smallest absolute Gasteiger partial charge is 0.254 e. The molecular formula is C13H18N2O3. The van der Waals surface area contributed by atoms with Crippen molar-refractivity contribution in [2.75, 3.05) is 39.5 Å². The van der Waals surface area contributed by atoms with Crippen LogP contribution in [0, 0.1) is 0 Å². The lowest BCUT2D eigenvalue weighted by molar-refractivity contribution is 0.0303. The molecule has 0 spiro atoms. The Bertz CT molecular complexity index is 386. The summed E-state index contributed by atoms with van der Waals surface area (Å²) in [6.45, 7) is 3.51. The van der Waals surface area contributed by atoms with Gasteiger partial charge in [-0.2, -0.15) is 0 Å². The quantitative estimate of drug-likeness (QED) is 0.845. The number of carbonyl (C=O) groups is 1. The SMILES string of the molecule is NCCOc1ccc(C(=O)N2CCOCC2)cc1. The molecule has 0 atom stereocenters. The average Bonchev–Trinajstić information content (AvgIpc) is 2.46. The first-order valence-electron chi connectivity index (χ1n) is 6.11. The molecule has 1 heterocycles. The Balaban J connectivity index is 1.97. The Morgan fingerprint density at radius 3 is 2.56 bits per heavy atom. The summed E-state index contributed by atoms with van der Waals surface area (Å²) in [5, 5.41) is 0. The van der Waals surface area contributed by atoms with Crippen LogP contribution < -0.4 is 10.5 Å². The lowest BCUT2D eigenvalue weighted by Gasteiger charge is -2.26. The molecule has 5 nitrogen and oxygen atoms in total. The fourth-order valence-corrected chi connectivity index (χ4v) is 1.82. The van der Waals surface area contributed by atoms with Crippen molar-refractivity contribution >= 4 is 5.91 Å². The van der Waals surface area contributed by atoms with Crippen molar-refractivity contribution in [3.8, 4) is 5.75 Å². The Kier molecular flexibility index (Phi) is 4.55. The Hall–Kier alpha value is -1.59. The van der Waals surface area contributed by atoms with Crippen LogP contribution in [0.2, 0.25) is 0 Å². The largest absolute Gasteiger partial charge is 0.492 e. The number of carbonyl (C=O) groups excluding carboxylic acids is 1. The molecule has 0 saturated carbocycles. The lowest BCUT2D eigenvalue weighted by atomic mass is 10.2.